The summed E-state index contributed by atoms with van der Waals surface area (Å²) in [6, 6.07) is 0. The maximum atomic E-state index is 4.94. The maximum Gasteiger partial charge on any atom is 0.0701 e. The second kappa shape index (κ2) is 7.29. The van der Waals surface area contributed by atoms with Gasteiger partial charge in [0.1, 0.15) is 0 Å². The van der Waals surface area contributed by atoms with Crippen LogP contribution in [0.1, 0.15) is 51.4 Å². The third-order valence-corrected chi connectivity index (χ3v) is 4.21. The molecule has 1 saturated heterocycles. The van der Waals surface area contributed by atoms with Crippen LogP contribution in [0.3, 0.4) is 0 Å². The van der Waals surface area contributed by atoms with Crippen LogP contribution < -0.4 is 0 Å². The summed E-state index contributed by atoms with van der Waals surface area (Å²) < 4.78 is 9.89. The predicted octanol–water partition coefficient (Wildman–Crippen LogP) is 3.40. The Kier molecular flexibility index (Phi) is 5.64. The minimum absolute atomic E-state index is 0.778. The van der Waals surface area contributed by atoms with E-state index in [-0.39, 0.29) is 0 Å². The highest BCUT2D eigenvalue weighted by Crippen LogP contribution is 2.39. The lowest BCUT2D eigenvalue weighted by atomic mass is 9.90. The molecule has 0 N–H and O–H groups in total. The largest absolute Gasteiger partial charge is 0.377 e. The molecule has 0 atom stereocenters. The molecule has 3 fully saturated rings. The van der Waals surface area contributed by atoms with E-state index in [1.807, 2.05) is 0 Å². The molecular formula is C14H26O2. The lowest BCUT2D eigenvalue weighted by molar-refractivity contribution is -0.0334. The third kappa shape index (κ3) is 4.06. The van der Waals surface area contributed by atoms with Crippen LogP contribution in [0.15, 0.2) is 0 Å². The van der Waals surface area contributed by atoms with Crippen LogP contribution in [0.4, 0.5) is 0 Å². The number of hydrogen-bond acceptors (Lipinski definition) is 2. The van der Waals surface area contributed by atoms with Gasteiger partial charge < -0.3 is 9.47 Å². The van der Waals surface area contributed by atoms with Crippen molar-refractivity contribution in [2.45, 2.75) is 51.4 Å². The standard InChI is InChI=1S/C10H18.C4H8O2/c1-2-6-9(5-1)10-7-3-4-8-10;1-2-6-4-3-5-1/h9-10H,1-8H2;1-4H2. The minimum atomic E-state index is 0.778. The molecule has 0 aromatic heterocycles. The second-order valence-electron chi connectivity index (χ2n) is 5.31. The van der Waals surface area contributed by atoms with Gasteiger partial charge in [-0.25, -0.2) is 0 Å². The van der Waals surface area contributed by atoms with Gasteiger partial charge in [-0.1, -0.05) is 51.4 Å². The van der Waals surface area contributed by atoms with Gasteiger partial charge in [0.05, 0.1) is 26.4 Å². The Hall–Kier alpha value is -0.0800. The van der Waals surface area contributed by atoms with Gasteiger partial charge >= 0.3 is 0 Å². The summed E-state index contributed by atoms with van der Waals surface area (Å²) in [4.78, 5) is 0. The Balaban J connectivity index is 0.000000138. The van der Waals surface area contributed by atoms with E-state index >= 15 is 0 Å². The van der Waals surface area contributed by atoms with E-state index < -0.39 is 0 Å². The van der Waals surface area contributed by atoms with Crippen molar-refractivity contribution >= 4 is 0 Å². The van der Waals surface area contributed by atoms with Gasteiger partial charge in [0.2, 0.25) is 0 Å². The predicted molar refractivity (Wildman–Crippen MR) is 65.6 cm³/mol. The minimum Gasteiger partial charge on any atom is -0.377 e. The Morgan fingerprint density at radius 3 is 1.06 bits per heavy atom. The molecule has 94 valence electrons. The first-order valence-electron chi connectivity index (χ1n) is 7.12. The van der Waals surface area contributed by atoms with Crippen molar-refractivity contribution in [3.63, 3.8) is 0 Å². The Bertz CT molecular complexity index is 140. The van der Waals surface area contributed by atoms with Crippen molar-refractivity contribution in [1.29, 1.82) is 0 Å². The van der Waals surface area contributed by atoms with Crippen LogP contribution in [-0.2, 0) is 9.47 Å². The first-order valence-corrected chi connectivity index (χ1v) is 7.12. The zero-order valence-corrected chi connectivity index (χ0v) is 10.5. The normalized spacial score (nSPS) is 27.8. The SMILES string of the molecule is C1CCC(C2CCCC2)C1.C1COCCO1. The molecule has 2 saturated carbocycles. The van der Waals surface area contributed by atoms with Gasteiger partial charge in [0.15, 0.2) is 0 Å². The first kappa shape index (κ1) is 12.4. The zero-order chi connectivity index (χ0) is 11.1. The molecule has 0 aromatic carbocycles. The van der Waals surface area contributed by atoms with Gasteiger partial charge in [-0.15, -0.1) is 0 Å². The van der Waals surface area contributed by atoms with Crippen LogP contribution in [0.5, 0.6) is 0 Å². The summed E-state index contributed by atoms with van der Waals surface area (Å²) in [5.41, 5.74) is 0. The lowest BCUT2D eigenvalue weighted by Crippen LogP contribution is -2.16. The van der Waals surface area contributed by atoms with E-state index in [0.717, 1.165) is 38.3 Å². The third-order valence-electron chi connectivity index (χ3n) is 4.21. The molecule has 3 aliphatic rings. The molecule has 3 rings (SSSR count). The molecule has 2 aliphatic carbocycles. The van der Waals surface area contributed by atoms with Gasteiger partial charge in [-0.05, 0) is 11.8 Å². The summed E-state index contributed by atoms with van der Waals surface area (Å²) in [6.45, 7) is 3.11. The molecule has 0 unspecified atom stereocenters. The molecule has 16 heavy (non-hydrogen) atoms. The van der Waals surface area contributed by atoms with Crippen LogP contribution in [0.25, 0.3) is 0 Å². The molecular weight excluding hydrogens is 200 g/mol. The molecule has 0 aromatic rings. The number of hydrogen-bond donors (Lipinski definition) is 0. The van der Waals surface area contributed by atoms with Crippen molar-refractivity contribution in [3.05, 3.63) is 0 Å². The summed E-state index contributed by atoms with van der Waals surface area (Å²) in [7, 11) is 0. The van der Waals surface area contributed by atoms with Crippen LogP contribution in [0, 0.1) is 11.8 Å². The van der Waals surface area contributed by atoms with Crippen LogP contribution in [0.2, 0.25) is 0 Å². The highest BCUT2D eigenvalue weighted by molar-refractivity contribution is 4.78. The summed E-state index contributed by atoms with van der Waals surface area (Å²) in [6.07, 6.45) is 12.4. The first-order chi connectivity index (χ1) is 7.97. The van der Waals surface area contributed by atoms with E-state index in [4.69, 9.17) is 9.47 Å². The number of rotatable bonds is 1. The average molecular weight is 226 g/mol. The van der Waals surface area contributed by atoms with E-state index in [1.165, 1.54) is 25.7 Å². The Labute approximate surface area is 99.7 Å². The van der Waals surface area contributed by atoms with Crippen molar-refractivity contribution in [3.8, 4) is 0 Å². The van der Waals surface area contributed by atoms with Crippen molar-refractivity contribution in [2.75, 3.05) is 26.4 Å². The van der Waals surface area contributed by atoms with Crippen LogP contribution in [-0.4, -0.2) is 26.4 Å². The number of ether oxygens (including phenoxy) is 2. The van der Waals surface area contributed by atoms with Crippen molar-refractivity contribution in [1.82, 2.24) is 0 Å². The van der Waals surface area contributed by atoms with Gasteiger partial charge in [0, 0.05) is 0 Å². The van der Waals surface area contributed by atoms with Crippen molar-refractivity contribution in [2.24, 2.45) is 11.8 Å². The molecule has 0 radical (unpaired) electrons. The van der Waals surface area contributed by atoms with Gasteiger partial charge in [0.25, 0.3) is 0 Å². The topological polar surface area (TPSA) is 18.5 Å². The molecule has 1 heterocycles. The fraction of sp³-hybridized carbons (Fsp3) is 1.00. The van der Waals surface area contributed by atoms with Crippen molar-refractivity contribution < 1.29 is 9.47 Å². The molecule has 0 spiro atoms. The highest BCUT2D eigenvalue weighted by atomic mass is 16.6. The smallest absolute Gasteiger partial charge is 0.0701 e. The Morgan fingerprint density at radius 1 is 0.500 bits per heavy atom. The monoisotopic (exact) mass is 226 g/mol. The Morgan fingerprint density at radius 2 is 0.812 bits per heavy atom. The fourth-order valence-electron chi connectivity index (χ4n) is 3.30. The molecule has 2 heteroatoms. The fourth-order valence-corrected chi connectivity index (χ4v) is 3.30. The van der Waals surface area contributed by atoms with E-state index in [1.54, 1.807) is 25.7 Å². The average Bonchev–Trinajstić information content (AvgIpc) is 3.05. The highest BCUT2D eigenvalue weighted by Gasteiger charge is 2.26. The second-order valence-corrected chi connectivity index (χ2v) is 5.31. The molecule has 2 nitrogen and oxygen atoms in total. The van der Waals surface area contributed by atoms with E-state index in [2.05, 4.69) is 0 Å². The lowest BCUT2D eigenvalue weighted by Gasteiger charge is -2.16. The zero-order valence-electron chi connectivity index (χ0n) is 10.5. The molecule has 0 bridgehead atoms. The summed E-state index contributed by atoms with van der Waals surface area (Å²) >= 11 is 0. The summed E-state index contributed by atoms with van der Waals surface area (Å²) in [5.74, 6) is 2.31. The van der Waals surface area contributed by atoms with Gasteiger partial charge in [-0.3, -0.25) is 0 Å². The van der Waals surface area contributed by atoms with E-state index in [9.17, 15) is 0 Å². The van der Waals surface area contributed by atoms with E-state index in [0.29, 0.717) is 0 Å². The van der Waals surface area contributed by atoms with Gasteiger partial charge in [-0.2, -0.15) is 0 Å². The molecule has 1 aliphatic heterocycles. The maximum absolute atomic E-state index is 4.94. The van der Waals surface area contributed by atoms with Crippen LogP contribution >= 0.6 is 0 Å². The summed E-state index contributed by atoms with van der Waals surface area (Å²) in [5, 5.41) is 0. The molecule has 0 amide bonds. The quantitative estimate of drug-likeness (QED) is 0.682.